The van der Waals surface area contributed by atoms with E-state index in [4.69, 9.17) is 14.5 Å². The molecule has 2 aromatic rings. The van der Waals surface area contributed by atoms with Crippen molar-refractivity contribution in [3.63, 3.8) is 0 Å². The van der Waals surface area contributed by atoms with Crippen LogP contribution in [-0.2, 0) is 13.8 Å². The summed E-state index contributed by atoms with van der Waals surface area (Å²) < 4.78 is 22.1. The maximum atomic E-state index is 11.7. The highest BCUT2D eigenvalue weighted by Gasteiger charge is 2.48. The fraction of sp³-hybridized carbons (Fsp3) is 0.500. The molecule has 14 heteroatoms. The first-order chi connectivity index (χ1) is 11.2. The number of aliphatic hydroxyl groups excluding tert-OH is 2. The fourth-order valence-corrected chi connectivity index (χ4v) is 3.06. The number of H-pyrrole nitrogens is 2. The summed E-state index contributed by atoms with van der Waals surface area (Å²) in [5.41, 5.74) is -1.87. The Bertz CT molecular complexity index is 913. The molecule has 2 aromatic heterocycles. The molecule has 4 atom stereocenters. The maximum absolute atomic E-state index is 11.7. The summed E-state index contributed by atoms with van der Waals surface area (Å²) in [7, 11) is -5.00. The van der Waals surface area contributed by atoms with E-state index >= 15 is 0 Å². The predicted octanol–water partition coefficient (Wildman–Crippen LogP) is -2.86. The fourth-order valence-electron chi connectivity index (χ4n) is 2.51. The van der Waals surface area contributed by atoms with Gasteiger partial charge in [-0.3, -0.25) is 23.9 Å². The summed E-state index contributed by atoms with van der Waals surface area (Å²) >= 11 is 0. The molecule has 0 radical (unpaired) electrons. The minimum atomic E-state index is -5.00. The first kappa shape index (κ1) is 17.0. The first-order valence-electron chi connectivity index (χ1n) is 6.58. The molecule has 132 valence electrons. The lowest BCUT2D eigenvalue weighted by molar-refractivity contribution is -0.0506. The minimum absolute atomic E-state index is 0.0983. The molecule has 1 fully saturated rings. The van der Waals surface area contributed by atoms with Crippen LogP contribution < -0.4 is 11.2 Å². The number of fused-ring (bicyclic) bond motifs is 1. The van der Waals surface area contributed by atoms with Gasteiger partial charge in [-0.15, -0.1) is 0 Å². The van der Waals surface area contributed by atoms with Gasteiger partial charge in [0.25, 0.3) is 5.56 Å². The Morgan fingerprint density at radius 1 is 1.38 bits per heavy atom. The third kappa shape index (κ3) is 2.93. The maximum Gasteiger partial charge on any atom is 0.470 e. The molecule has 1 saturated heterocycles. The van der Waals surface area contributed by atoms with Crippen LogP contribution in [0.4, 0.5) is 0 Å². The monoisotopic (exact) mass is 364 g/mol. The van der Waals surface area contributed by atoms with E-state index < -0.39 is 50.2 Å². The molecule has 0 aliphatic carbocycles. The van der Waals surface area contributed by atoms with Gasteiger partial charge in [0.1, 0.15) is 24.0 Å². The number of phosphoric acid groups is 1. The number of aromatic nitrogens is 4. The number of rotatable bonds is 4. The van der Waals surface area contributed by atoms with Crippen LogP contribution in [0, 0.1) is 0 Å². The average Bonchev–Trinajstić information content (AvgIpc) is 3.00. The van der Waals surface area contributed by atoms with Crippen LogP contribution in [0.5, 0.6) is 0 Å². The summed E-state index contributed by atoms with van der Waals surface area (Å²) in [4.78, 5) is 49.2. The van der Waals surface area contributed by atoms with Gasteiger partial charge in [-0.25, -0.2) is 14.3 Å². The zero-order valence-electron chi connectivity index (χ0n) is 11.8. The van der Waals surface area contributed by atoms with E-state index in [0.717, 1.165) is 10.9 Å². The van der Waals surface area contributed by atoms with E-state index in [-0.39, 0.29) is 11.2 Å². The predicted molar refractivity (Wildman–Crippen MR) is 74.9 cm³/mol. The highest BCUT2D eigenvalue weighted by molar-refractivity contribution is 7.46. The Kier molecular flexibility index (Phi) is 4.17. The number of imidazole rings is 1. The van der Waals surface area contributed by atoms with Crippen molar-refractivity contribution < 1.29 is 33.8 Å². The summed E-state index contributed by atoms with van der Waals surface area (Å²) in [5, 5.41) is 19.2. The highest BCUT2D eigenvalue weighted by Crippen LogP contribution is 2.44. The molecule has 24 heavy (non-hydrogen) atoms. The van der Waals surface area contributed by atoms with Gasteiger partial charge in [-0.2, -0.15) is 0 Å². The Hall–Kier alpha value is -1.86. The molecule has 0 saturated carbocycles. The van der Waals surface area contributed by atoms with Crippen LogP contribution in [0.2, 0.25) is 0 Å². The molecular weight excluding hydrogens is 351 g/mol. The summed E-state index contributed by atoms with van der Waals surface area (Å²) in [6, 6.07) is 0. The van der Waals surface area contributed by atoms with E-state index in [1.54, 1.807) is 0 Å². The summed E-state index contributed by atoms with van der Waals surface area (Å²) in [6.07, 6.45) is -4.63. The van der Waals surface area contributed by atoms with Crippen LogP contribution in [0.25, 0.3) is 11.2 Å². The standard InChI is InChI=1S/C10H13N4O9P/c15-1-3-5(16)6(23-24(19,20)21)9(22-3)14-2-11-4-7(14)12-10(18)13-8(4)17/h2-3,5-6,9,15-16H,1H2,(H2,19,20,21)(H2,12,13,17,18)/t3-,5-,6-,9-/m1/s1. The third-order valence-corrected chi connectivity index (χ3v) is 4.01. The van der Waals surface area contributed by atoms with Gasteiger partial charge in [0.15, 0.2) is 11.7 Å². The Labute approximate surface area is 131 Å². The second-order valence-electron chi connectivity index (χ2n) is 5.06. The van der Waals surface area contributed by atoms with Crippen LogP contribution in [-0.4, -0.2) is 64.4 Å². The molecule has 0 unspecified atom stereocenters. The number of nitrogens with zero attached hydrogens (tertiary/aromatic N) is 2. The van der Waals surface area contributed by atoms with Gasteiger partial charge < -0.3 is 24.7 Å². The molecule has 13 nitrogen and oxygen atoms in total. The number of ether oxygens (including phenoxy) is 1. The van der Waals surface area contributed by atoms with Crippen molar-refractivity contribution in [3.8, 4) is 0 Å². The quantitative estimate of drug-likeness (QED) is 0.307. The zero-order chi connectivity index (χ0) is 17.6. The number of nitrogens with one attached hydrogen (secondary N) is 2. The van der Waals surface area contributed by atoms with E-state index in [9.17, 15) is 24.4 Å². The number of aromatic amines is 2. The Morgan fingerprint density at radius 3 is 2.71 bits per heavy atom. The SMILES string of the molecule is O=c1[nH]c(=O)c2ncn([C@@H]3O[C@H](CO)[C@@H](O)[C@H]3OP(=O)(O)O)c2[nH]1. The van der Waals surface area contributed by atoms with Crippen LogP contribution >= 0.6 is 7.82 Å². The van der Waals surface area contributed by atoms with E-state index in [1.165, 1.54) is 0 Å². The molecule has 1 aliphatic rings. The van der Waals surface area contributed by atoms with Gasteiger partial charge in [0, 0.05) is 0 Å². The number of aliphatic hydroxyl groups is 2. The molecule has 1 aliphatic heterocycles. The Balaban J connectivity index is 2.10. The van der Waals surface area contributed by atoms with Crippen molar-refractivity contribution in [1.29, 1.82) is 0 Å². The van der Waals surface area contributed by atoms with Gasteiger partial charge in [0.2, 0.25) is 0 Å². The third-order valence-electron chi connectivity index (χ3n) is 3.49. The molecule has 0 amide bonds. The van der Waals surface area contributed by atoms with Crippen molar-refractivity contribution in [1.82, 2.24) is 19.5 Å². The lowest BCUT2D eigenvalue weighted by atomic mass is 10.1. The van der Waals surface area contributed by atoms with E-state index in [1.807, 2.05) is 4.98 Å². The lowest BCUT2D eigenvalue weighted by Gasteiger charge is -2.22. The summed E-state index contributed by atoms with van der Waals surface area (Å²) in [5.74, 6) is 0. The smallest absolute Gasteiger partial charge is 0.394 e. The van der Waals surface area contributed by atoms with Gasteiger partial charge >= 0.3 is 13.5 Å². The van der Waals surface area contributed by atoms with Crippen LogP contribution in [0.15, 0.2) is 15.9 Å². The van der Waals surface area contributed by atoms with Crippen LogP contribution in [0.3, 0.4) is 0 Å². The van der Waals surface area contributed by atoms with Crippen molar-refractivity contribution in [2.75, 3.05) is 6.61 Å². The topological polar surface area (TPSA) is 200 Å². The first-order valence-corrected chi connectivity index (χ1v) is 8.12. The van der Waals surface area contributed by atoms with Crippen molar-refractivity contribution in [3.05, 3.63) is 27.2 Å². The number of hydrogen-bond acceptors (Lipinski definition) is 8. The van der Waals surface area contributed by atoms with Crippen molar-refractivity contribution in [2.45, 2.75) is 24.5 Å². The molecule has 0 aromatic carbocycles. The van der Waals surface area contributed by atoms with E-state index in [0.29, 0.717) is 0 Å². The Morgan fingerprint density at radius 2 is 2.08 bits per heavy atom. The second-order valence-corrected chi connectivity index (χ2v) is 6.25. The average molecular weight is 364 g/mol. The molecule has 3 rings (SSSR count). The lowest BCUT2D eigenvalue weighted by Crippen LogP contribution is -2.35. The normalized spacial score (nSPS) is 27.8. The van der Waals surface area contributed by atoms with Crippen molar-refractivity contribution in [2.24, 2.45) is 0 Å². The largest absolute Gasteiger partial charge is 0.470 e. The molecular formula is C10H13N4O9P. The number of hydrogen-bond donors (Lipinski definition) is 6. The van der Waals surface area contributed by atoms with E-state index in [2.05, 4.69) is 14.5 Å². The molecule has 3 heterocycles. The van der Waals surface area contributed by atoms with Gasteiger partial charge in [-0.05, 0) is 0 Å². The van der Waals surface area contributed by atoms with Gasteiger partial charge in [0.05, 0.1) is 12.9 Å². The van der Waals surface area contributed by atoms with Gasteiger partial charge in [-0.1, -0.05) is 0 Å². The molecule has 0 bridgehead atoms. The zero-order valence-corrected chi connectivity index (χ0v) is 12.7. The molecule has 6 N–H and O–H groups in total. The number of phosphoric ester groups is 1. The minimum Gasteiger partial charge on any atom is -0.394 e. The van der Waals surface area contributed by atoms with Crippen LogP contribution in [0.1, 0.15) is 6.23 Å². The van der Waals surface area contributed by atoms with Crippen molar-refractivity contribution >= 4 is 19.0 Å². The highest BCUT2D eigenvalue weighted by atomic mass is 31.2. The second kappa shape index (κ2) is 5.89. The summed E-state index contributed by atoms with van der Waals surface area (Å²) in [6.45, 7) is -0.650. The molecule has 0 spiro atoms.